The Labute approximate surface area is 141 Å². The normalized spacial score (nSPS) is 12.4. The molecule has 4 heteroatoms. The van der Waals surface area contributed by atoms with Gasteiger partial charge in [-0.2, -0.15) is 0 Å². The van der Waals surface area contributed by atoms with Crippen molar-refractivity contribution < 1.29 is 0 Å². The van der Waals surface area contributed by atoms with E-state index >= 15 is 0 Å². The lowest BCUT2D eigenvalue weighted by atomic mass is 9.98. The van der Waals surface area contributed by atoms with E-state index in [2.05, 4.69) is 12.2 Å². The monoisotopic (exact) mass is 341 g/mol. The van der Waals surface area contributed by atoms with Gasteiger partial charge in [0.05, 0.1) is 0 Å². The first-order valence-corrected chi connectivity index (χ1v) is 8.16. The fourth-order valence-corrected chi connectivity index (χ4v) is 2.92. The molecule has 0 heterocycles. The molecule has 1 atom stereocenters. The van der Waals surface area contributed by atoms with E-state index in [9.17, 15) is 0 Å². The van der Waals surface area contributed by atoms with Crippen LogP contribution in [0.25, 0.3) is 0 Å². The van der Waals surface area contributed by atoms with Crippen molar-refractivity contribution in [2.24, 2.45) is 0 Å². The van der Waals surface area contributed by atoms with Crippen LogP contribution in [0.15, 0.2) is 42.5 Å². The molecule has 0 fully saturated rings. The van der Waals surface area contributed by atoms with E-state index in [0.717, 1.165) is 30.0 Å². The fourth-order valence-electron chi connectivity index (χ4n) is 2.25. The lowest BCUT2D eigenvalue weighted by Gasteiger charge is -2.20. The molecule has 0 radical (unpaired) electrons. The average Bonchev–Trinajstić information content (AvgIpc) is 2.46. The van der Waals surface area contributed by atoms with Gasteiger partial charge in [0.25, 0.3) is 0 Å². The Morgan fingerprint density at radius 2 is 1.62 bits per heavy atom. The second-order valence-corrected chi connectivity index (χ2v) is 6.28. The van der Waals surface area contributed by atoms with Crippen molar-refractivity contribution in [3.63, 3.8) is 0 Å². The molecule has 1 nitrogen and oxygen atoms in total. The van der Waals surface area contributed by atoms with Crippen LogP contribution < -0.4 is 5.32 Å². The highest BCUT2D eigenvalue weighted by atomic mass is 35.5. The summed E-state index contributed by atoms with van der Waals surface area (Å²) in [7, 11) is 0. The molecule has 2 rings (SSSR count). The standard InChI is InChI=1S/C17H18Cl3N/c1-2-9-21-17(10-12-3-5-13(18)6-4-12)15-8-7-14(19)11-16(15)20/h3-8,11,17,21H,2,9-10H2,1H3. The molecule has 0 bridgehead atoms. The molecule has 1 N–H and O–H groups in total. The van der Waals surface area contributed by atoms with Gasteiger partial charge in [0.15, 0.2) is 0 Å². The lowest BCUT2D eigenvalue weighted by molar-refractivity contribution is 0.529. The quantitative estimate of drug-likeness (QED) is 0.686. The van der Waals surface area contributed by atoms with Crippen LogP contribution >= 0.6 is 34.8 Å². The van der Waals surface area contributed by atoms with E-state index in [1.807, 2.05) is 36.4 Å². The van der Waals surface area contributed by atoms with E-state index in [0.29, 0.717) is 10.0 Å². The second kappa shape index (κ2) is 8.05. The number of hydrogen-bond donors (Lipinski definition) is 1. The first-order chi connectivity index (χ1) is 10.1. The third-order valence-corrected chi connectivity index (χ3v) is 4.15. The van der Waals surface area contributed by atoms with Crippen LogP contribution in [-0.2, 0) is 6.42 Å². The summed E-state index contributed by atoms with van der Waals surface area (Å²) in [4.78, 5) is 0. The number of hydrogen-bond acceptors (Lipinski definition) is 1. The first kappa shape index (κ1) is 16.6. The van der Waals surface area contributed by atoms with Gasteiger partial charge >= 0.3 is 0 Å². The second-order valence-electron chi connectivity index (χ2n) is 5.00. The van der Waals surface area contributed by atoms with Crippen LogP contribution in [0.3, 0.4) is 0 Å². The zero-order valence-corrected chi connectivity index (χ0v) is 14.1. The van der Waals surface area contributed by atoms with Crippen LogP contribution in [0.1, 0.15) is 30.5 Å². The van der Waals surface area contributed by atoms with Crippen LogP contribution in [0.4, 0.5) is 0 Å². The van der Waals surface area contributed by atoms with Crippen molar-refractivity contribution >= 4 is 34.8 Å². The van der Waals surface area contributed by atoms with E-state index in [4.69, 9.17) is 34.8 Å². The maximum absolute atomic E-state index is 6.35. The van der Waals surface area contributed by atoms with E-state index in [1.54, 1.807) is 6.07 Å². The molecule has 0 aromatic heterocycles. The Hall–Kier alpha value is -0.730. The molecule has 1 unspecified atom stereocenters. The zero-order valence-electron chi connectivity index (χ0n) is 11.9. The number of halogens is 3. The molecule has 21 heavy (non-hydrogen) atoms. The summed E-state index contributed by atoms with van der Waals surface area (Å²) in [6, 6.07) is 13.8. The van der Waals surface area contributed by atoms with E-state index in [1.165, 1.54) is 5.56 Å². The summed E-state index contributed by atoms with van der Waals surface area (Å²) >= 11 is 18.3. The molecule has 0 aliphatic rings. The molecule has 0 spiro atoms. The van der Waals surface area contributed by atoms with Crippen molar-refractivity contribution in [3.8, 4) is 0 Å². The highest BCUT2D eigenvalue weighted by Crippen LogP contribution is 2.28. The minimum absolute atomic E-state index is 0.163. The Morgan fingerprint density at radius 1 is 0.952 bits per heavy atom. The molecule has 0 saturated heterocycles. The van der Waals surface area contributed by atoms with Gasteiger partial charge in [0, 0.05) is 21.1 Å². The topological polar surface area (TPSA) is 12.0 Å². The van der Waals surface area contributed by atoms with Crippen molar-refractivity contribution in [2.45, 2.75) is 25.8 Å². The Bertz CT molecular complexity index is 581. The van der Waals surface area contributed by atoms with Crippen molar-refractivity contribution in [2.75, 3.05) is 6.54 Å². The molecular formula is C17H18Cl3N. The highest BCUT2D eigenvalue weighted by molar-refractivity contribution is 6.35. The summed E-state index contributed by atoms with van der Waals surface area (Å²) in [5.41, 5.74) is 2.29. The van der Waals surface area contributed by atoms with Crippen molar-refractivity contribution in [3.05, 3.63) is 68.7 Å². The maximum atomic E-state index is 6.35. The predicted molar refractivity (Wildman–Crippen MR) is 92.7 cm³/mol. The van der Waals surface area contributed by atoms with Gasteiger partial charge in [0.1, 0.15) is 0 Å². The summed E-state index contributed by atoms with van der Waals surface area (Å²) in [6.07, 6.45) is 1.93. The molecule has 0 amide bonds. The first-order valence-electron chi connectivity index (χ1n) is 7.03. The Kier molecular flexibility index (Phi) is 6.38. The molecule has 0 aliphatic heterocycles. The Morgan fingerprint density at radius 3 is 2.24 bits per heavy atom. The highest BCUT2D eigenvalue weighted by Gasteiger charge is 2.15. The maximum Gasteiger partial charge on any atom is 0.0468 e. The van der Waals surface area contributed by atoms with Gasteiger partial charge in [-0.25, -0.2) is 0 Å². The predicted octanol–water partition coefficient (Wildman–Crippen LogP) is 5.93. The van der Waals surface area contributed by atoms with Gasteiger partial charge in [-0.15, -0.1) is 0 Å². The van der Waals surface area contributed by atoms with Crippen LogP contribution in [0.2, 0.25) is 15.1 Å². The van der Waals surface area contributed by atoms with E-state index in [-0.39, 0.29) is 6.04 Å². The van der Waals surface area contributed by atoms with Gasteiger partial charge in [-0.3, -0.25) is 0 Å². The number of nitrogens with one attached hydrogen (secondary N) is 1. The lowest BCUT2D eigenvalue weighted by Crippen LogP contribution is -2.24. The third-order valence-electron chi connectivity index (χ3n) is 3.33. The van der Waals surface area contributed by atoms with Crippen LogP contribution in [0, 0.1) is 0 Å². The molecule has 2 aromatic rings. The number of benzene rings is 2. The van der Waals surface area contributed by atoms with Gasteiger partial charge in [-0.1, -0.05) is 59.9 Å². The zero-order chi connectivity index (χ0) is 15.2. The minimum Gasteiger partial charge on any atom is -0.310 e. The summed E-state index contributed by atoms with van der Waals surface area (Å²) in [5.74, 6) is 0. The molecule has 0 aliphatic carbocycles. The summed E-state index contributed by atoms with van der Waals surface area (Å²) in [5, 5.41) is 5.66. The average molecular weight is 343 g/mol. The molecule has 2 aromatic carbocycles. The minimum atomic E-state index is 0.163. The van der Waals surface area contributed by atoms with Gasteiger partial charge in [-0.05, 0) is 54.8 Å². The fraction of sp³-hybridized carbons (Fsp3) is 0.294. The number of rotatable bonds is 6. The third kappa shape index (κ3) is 4.89. The van der Waals surface area contributed by atoms with Crippen LogP contribution in [-0.4, -0.2) is 6.54 Å². The van der Waals surface area contributed by atoms with Crippen molar-refractivity contribution in [1.29, 1.82) is 0 Å². The van der Waals surface area contributed by atoms with Gasteiger partial charge < -0.3 is 5.32 Å². The summed E-state index contributed by atoms with van der Waals surface area (Å²) in [6.45, 7) is 3.09. The smallest absolute Gasteiger partial charge is 0.0468 e. The SMILES string of the molecule is CCCNC(Cc1ccc(Cl)cc1)c1ccc(Cl)cc1Cl. The van der Waals surface area contributed by atoms with Gasteiger partial charge in [0.2, 0.25) is 0 Å². The largest absolute Gasteiger partial charge is 0.310 e. The van der Waals surface area contributed by atoms with E-state index < -0.39 is 0 Å². The van der Waals surface area contributed by atoms with Crippen molar-refractivity contribution in [1.82, 2.24) is 5.32 Å². The summed E-state index contributed by atoms with van der Waals surface area (Å²) < 4.78 is 0. The molecule has 112 valence electrons. The van der Waals surface area contributed by atoms with Crippen LogP contribution in [0.5, 0.6) is 0 Å². The molecular weight excluding hydrogens is 325 g/mol. The Balaban J connectivity index is 2.22. The molecule has 0 saturated carbocycles.